The molecule has 0 aliphatic rings. The van der Waals surface area contributed by atoms with Crippen LogP contribution in [0.25, 0.3) is 0 Å². The van der Waals surface area contributed by atoms with Crippen molar-refractivity contribution >= 4 is 5.91 Å². The molecule has 2 aromatic rings. The standard InChI is InChI=1S/C13H21N7O/c1-9-7-11(3)20(16-9)8-10(2)14-13(21)5-6-19-12(4)15-17-18-19/h7,10H,5-6,8H2,1-4H3,(H,14,21)/t10-/m1/s1. The molecular weight excluding hydrogens is 270 g/mol. The monoisotopic (exact) mass is 291 g/mol. The second-order valence-electron chi connectivity index (χ2n) is 5.28. The highest BCUT2D eigenvalue weighted by molar-refractivity contribution is 5.76. The summed E-state index contributed by atoms with van der Waals surface area (Å²) in [6.07, 6.45) is 0.355. The number of tetrazole rings is 1. The molecule has 21 heavy (non-hydrogen) atoms. The number of nitrogens with one attached hydrogen (secondary N) is 1. The summed E-state index contributed by atoms with van der Waals surface area (Å²) in [5.41, 5.74) is 2.08. The van der Waals surface area contributed by atoms with Gasteiger partial charge in [0.15, 0.2) is 0 Å². The molecule has 1 amide bonds. The van der Waals surface area contributed by atoms with E-state index in [1.807, 2.05) is 38.4 Å². The highest BCUT2D eigenvalue weighted by Gasteiger charge is 2.11. The largest absolute Gasteiger partial charge is 0.352 e. The fourth-order valence-corrected chi connectivity index (χ4v) is 2.18. The first kappa shape index (κ1) is 15.1. The molecule has 114 valence electrons. The van der Waals surface area contributed by atoms with Gasteiger partial charge in [-0.3, -0.25) is 9.48 Å². The molecule has 0 radical (unpaired) electrons. The topological polar surface area (TPSA) is 90.5 Å². The van der Waals surface area contributed by atoms with E-state index in [4.69, 9.17) is 0 Å². The highest BCUT2D eigenvalue weighted by Crippen LogP contribution is 2.03. The number of hydrogen-bond acceptors (Lipinski definition) is 5. The maximum absolute atomic E-state index is 11.9. The Morgan fingerprint density at radius 3 is 2.67 bits per heavy atom. The lowest BCUT2D eigenvalue weighted by Gasteiger charge is -2.15. The first-order valence-corrected chi connectivity index (χ1v) is 6.99. The lowest BCUT2D eigenvalue weighted by molar-refractivity contribution is -0.122. The van der Waals surface area contributed by atoms with Crippen molar-refractivity contribution < 1.29 is 4.79 Å². The van der Waals surface area contributed by atoms with Gasteiger partial charge < -0.3 is 5.32 Å². The lowest BCUT2D eigenvalue weighted by atomic mass is 10.3. The van der Waals surface area contributed by atoms with Gasteiger partial charge in [0.2, 0.25) is 5.91 Å². The van der Waals surface area contributed by atoms with E-state index >= 15 is 0 Å². The van der Waals surface area contributed by atoms with Crippen LogP contribution in [0.5, 0.6) is 0 Å². The molecule has 0 aliphatic carbocycles. The van der Waals surface area contributed by atoms with E-state index in [1.165, 1.54) is 0 Å². The van der Waals surface area contributed by atoms with Gasteiger partial charge in [0, 0.05) is 18.2 Å². The summed E-state index contributed by atoms with van der Waals surface area (Å²) in [6, 6.07) is 2.04. The van der Waals surface area contributed by atoms with Crippen LogP contribution in [-0.4, -0.2) is 41.9 Å². The van der Waals surface area contributed by atoms with Crippen molar-refractivity contribution in [2.24, 2.45) is 0 Å². The molecule has 0 aliphatic heterocycles. The Hall–Kier alpha value is -2.25. The van der Waals surface area contributed by atoms with Gasteiger partial charge in [-0.15, -0.1) is 5.10 Å². The van der Waals surface area contributed by atoms with E-state index in [1.54, 1.807) is 4.68 Å². The van der Waals surface area contributed by atoms with Gasteiger partial charge in [-0.1, -0.05) is 0 Å². The Kier molecular flexibility index (Phi) is 4.66. The quantitative estimate of drug-likeness (QED) is 0.831. The molecule has 0 saturated carbocycles. The zero-order chi connectivity index (χ0) is 15.4. The maximum Gasteiger partial charge on any atom is 0.222 e. The number of hydrogen-bond donors (Lipinski definition) is 1. The van der Waals surface area contributed by atoms with Crippen LogP contribution < -0.4 is 5.32 Å². The van der Waals surface area contributed by atoms with Crippen molar-refractivity contribution in [2.75, 3.05) is 0 Å². The van der Waals surface area contributed by atoms with E-state index in [2.05, 4.69) is 25.9 Å². The molecule has 0 saturated heterocycles. The second-order valence-corrected chi connectivity index (χ2v) is 5.28. The zero-order valence-electron chi connectivity index (χ0n) is 12.9. The Morgan fingerprint density at radius 1 is 1.33 bits per heavy atom. The number of carbonyl (C=O) groups is 1. The first-order chi connectivity index (χ1) is 9.95. The van der Waals surface area contributed by atoms with Crippen LogP contribution >= 0.6 is 0 Å². The predicted octanol–water partition coefficient (Wildman–Crippen LogP) is 0.390. The molecule has 2 heterocycles. The number of aryl methyl sites for hydroxylation is 4. The summed E-state index contributed by atoms with van der Waals surface area (Å²) in [5.74, 6) is 0.692. The van der Waals surface area contributed by atoms with E-state index in [0.29, 0.717) is 25.3 Å². The van der Waals surface area contributed by atoms with Crippen LogP contribution in [0, 0.1) is 20.8 Å². The van der Waals surface area contributed by atoms with Crippen molar-refractivity contribution in [3.05, 3.63) is 23.3 Å². The summed E-state index contributed by atoms with van der Waals surface area (Å²) in [4.78, 5) is 11.9. The molecule has 2 aromatic heterocycles. The number of amides is 1. The number of rotatable bonds is 6. The fraction of sp³-hybridized carbons (Fsp3) is 0.615. The molecule has 0 fully saturated rings. The van der Waals surface area contributed by atoms with Gasteiger partial charge in [0.05, 0.1) is 18.8 Å². The molecular formula is C13H21N7O. The van der Waals surface area contributed by atoms with Gasteiger partial charge >= 0.3 is 0 Å². The first-order valence-electron chi connectivity index (χ1n) is 6.99. The average Bonchev–Trinajstić information content (AvgIpc) is 2.93. The van der Waals surface area contributed by atoms with E-state index < -0.39 is 0 Å². The van der Waals surface area contributed by atoms with Crippen molar-refractivity contribution in [3.8, 4) is 0 Å². The number of nitrogens with zero attached hydrogens (tertiary/aromatic N) is 6. The van der Waals surface area contributed by atoms with Crippen molar-refractivity contribution in [3.63, 3.8) is 0 Å². The highest BCUT2D eigenvalue weighted by atomic mass is 16.1. The summed E-state index contributed by atoms with van der Waals surface area (Å²) in [5, 5.41) is 18.5. The van der Waals surface area contributed by atoms with Gasteiger partial charge in [-0.05, 0) is 44.2 Å². The van der Waals surface area contributed by atoms with Crippen molar-refractivity contribution in [2.45, 2.75) is 53.2 Å². The summed E-state index contributed by atoms with van der Waals surface area (Å²) in [7, 11) is 0. The second kappa shape index (κ2) is 6.47. The summed E-state index contributed by atoms with van der Waals surface area (Å²) >= 11 is 0. The number of carbonyl (C=O) groups excluding carboxylic acids is 1. The summed E-state index contributed by atoms with van der Waals surface area (Å²) < 4.78 is 3.52. The molecule has 0 spiro atoms. The van der Waals surface area contributed by atoms with Crippen LogP contribution in [0.4, 0.5) is 0 Å². The number of aromatic nitrogens is 6. The molecule has 1 atom stereocenters. The van der Waals surface area contributed by atoms with E-state index in [9.17, 15) is 4.79 Å². The van der Waals surface area contributed by atoms with E-state index in [0.717, 1.165) is 11.4 Å². The minimum absolute atomic E-state index is 0.0149. The normalized spacial score (nSPS) is 12.4. The molecule has 1 N–H and O–H groups in total. The Labute approximate surface area is 123 Å². The van der Waals surface area contributed by atoms with Gasteiger partial charge in [0.25, 0.3) is 0 Å². The van der Waals surface area contributed by atoms with Gasteiger partial charge in [-0.2, -0.15) is 5.10 Å². The van der Waals surface area contributed by atoms with Crippen LogP contribution in [0.3, 0.4) is 0 Å². The van der Waals surface area contributed by atoms with Gasteiger partial charge in [0.1, 0.15) is 5.82 Å². The molecule has 8 nitrogen and oxygen atoms in total. The molecule has 2 rings (SSSR count). The van der Waals surface area contributed by atoms with Crippen molar-refractivity contribution in [1.82, 2.24) is 35.3 Å². The minimum Gasteiger partial charge on any atom is -0.352 e. The fourth-order valence-electron chi connectivity index (χ4n) is 2.18. The third kappa shape index (κ3) is 4.11. The Bertz CT molecular complexity index is 616. The Balaban J connectivity index is 1.79. The van der Waals surface area contributed by atoms with Crippen molar-refractivity contribution in [1.29, 1.82) is 0 Å². The minimum atomic E-state index is -0.0149. The Morgan fingerprint density at radius 2 is 2.10 bits per heavy atom. The molecule has 0 bridgehead atoms. The third-order valence-corrected chi connectivity index (χ3v) is 3.22. The third-order valence-electron chi connectivity index (χ3n) is 3.22. The average molecular weight is 291 g/mol. The lowest BCUT2D eigenvalue weighted by Crippen LogP contribution is -2.36. The molecule has 0 aromatic carbocycles. The smallest absolute Gasteiger partial charge is 0.222 e. The van der Waals surface area contributed by atoms with Gasteiger partial charge in [-0.25, -0.2) is 4.68 Å². The SMILES string of the molecule is Cc1cc(C)n(C[C@@H](C)NC(=O)CCn2nnnc2C)n1. The molecule has 0 unspecified atom stereocenters. The maximum atomic E-state index is 11.9. The van der Waals surface area contributed by atoms with Crippen LogP contribution in [0.15, 0.2) is 6.07 Å². The van der Waals surface area contributed by atoms with E-state index in [-0.39, 0.29) is 11.9 Å². The zero-order valence-corrected chi connectivity index (χ0v) is 12.9. The summed E-state index contributed by atoms with van der Waals surface area (Å²) in [6.45, 7) is 8.89. The predicted molar refractivity (Wildman–Crippen MR) is 76.5 cm³/mol. The molecule has 8 heteroatoms. The van der Waals surface area contributed by atoms with Crippen LogP contribution in [-0.2, 0) is 17.9 Å². The van der Waals surface area contributed by atoms with Crippen LogP contribution in [0.2, 0.25) is 0 Å². The van der Waals surface area contributed by atoms with Crippen LogP contribution in [0.1, 0.15) is 30.6 Å².